The molecule has 78 heavy (non-hydrogen) atoms. The van der Waals surface area contributed by atoms with E-state index in [9.17, 15) is 5.26 Å². The molecule has 0 aliphatic carbocycles. The largest absolute Gasteiger partial charge is 0.309 e. The van der Waals surface area contributed by atoms with Gasteiger partial charge in [0.1, 0.15) is 0 Å². The van der Waals surface area contributed by atoms with Crippen LogP contribution in [0, 0.1) is 11.3 Å². The molecule has 16 rings (SSSR count). The molecule has 0 aliphatic heterocycles. The minimum Gasteiger partial charge on any atom is -0.309 e. The smallest absolute Gasteiger partial charge is 0.166 e. The summed E-state index contributed by atoms with van der Waals surface area (Å²) in [5.74, 6) is 1.71. The maximum absolute atomic E-state index is 10.5. The Balaban J connectivity index is 1.02. The number of benzene rings is 11. The van der Waals surface area contributed by atoms with E-state index in [0.717, 1.165) is 72.4 Å². The Morgan fingerprint density at radius 1 is 0.321 bits per heavy atom. The van der Waals surface area contributed by atoms with Crippen LogP contribution in [0.15, 0.2) is 243 Å². The van der Waals surface area contributed by atoms with Gasteiger partial charge in [-0.15, -0.1) is 22.7 Å². The zero-order valence-electron chi connectivity index (χ0n) is 41.6. The Hall–Kier alpha value is -10.0. The van der Waals surface area contributed by atoms with Gasteiger partial charge < -0.3 is 9.13 Å². The van der Waals surface area contributed by atoms with Gasteiger partial charge in [-0.05, 0) is 83.4 Å². The quantitative estimate of drug-likeness (QED) is 0.159. The average Bonchev–Trinajstić information content (AvgIpc) is 4.41. The maximum Gasteiger partial charge on any atom is 0.166 e. The Morgan fingerprint density at radius 2 is 0.756 bits per heavy atom. The predicted molar refractivity (Wildman–Crippen MR) is 326 cm³/mol. The lowest BCUT2D eigenvalue weighted by Gasteiger charge is -2.19. The van der Waals surface area contributed by atoms with Crippen LogP contribution in [-0.2, 0) is 0 Å². The van der Waals surface area contributed by atoms with Crippen molar-refractivity contribution in [2.45, 2.75) is 0 Å². The third-order valence-corrected chi connectivity index (χ3v) is 17.9. The van der Waals surface area contributed by atoms with E-state index in [0.29, 0.717) is 23.0 Å². The van der Waals surface area contributed by atoms with Gasteiger partial charge in [0, 0.05) is 84.1 Å². The molecule has 0 unspecified atom stereocenters. The number of nitrogens with zero attached hydrogens (tertiary/aromatic N) is 6. The first-order valence-corrected chi connectivity index (χ1v) is 27.6. The molecular weight excluding hydrogens is 989 g/mol. The summed E-state index contributed by atoms with van der Waals surface area (Å²) in [6.07, 6.45) is 0. The van der Waals surface area contributed by atoms with Crippen molar-refractivity contribution < 1.29 is 0 Å². The highest BCUT2D eigenvalue weighted by Crippen LogP contribution is 2.48. The number of hydrogen-bond acceptors (Lipinski definition) is 6. The fourth-order valence-electron chi connectivity index (χ4n) is 12.0. The van der Waals surface area contributed by atoms with Crippen molar-refractivity contribution in [3.05, 3.63) is 248 Å². The monoisotopic (exact) mass is 1030 g/mol. The second-order valence-corrected chi connectivity index (χ2v) is 21.8. The van der Waals surface area contributed by atoms with Crippen molar-refractivity contribution in [1.82, 2.24) is 24.1 Å². The third kappa shape index (κ3) is 6.76. The first-order valence-electron chi connectivity index (χ1n) is 26.0. The topological polar surface area (TPSA) is 72.3 Å². The fraction of sp³-hybridized carbons (Fsp3) is 0. The summed E-state index contributed by atoms with van der Waals surface area (Å²) in [5.41, 5.74) is 13.4. The van der Waals surface area contributed by atoms with Crippen LogP contribution >= 0.6 is 22.7 Å². The lowest BCUT2D eigenvalue weighted by atomic mass is 9.93. The standard InChI is InChI=1S/C70H40N6S2/c71-41-46-21-7-8-22-47(46)44-31-35-58(75-56-27-13-9-25-52(56)64-60(75)37-33-50-48-23-11-15-29-62(48)77-66(50)64)54(39-44)45-32-36-59(55(40-45)70-73-68(42-17-3-1-4-18-42)72-69(74-70)43-19-5-2-6-20-43)76-57-28-14-10-26-53(57)65-61(76)38-34-51-49-24-12-16-30-63(49)78-67(51)65/h1-40H. The summed E-state index contributed by atoms with van der Waals surface area (Å²) in [6, 6.07) is 88.4. The lowest BCUT2D eigenvalue weighted by Crippen LogP contribution is -2.04. The van der Waals surface area contributed by atoms with Crippen LogP contribution in [0.1, 0.15) is 5.56 Å². The molecule has 0 bridgehead atoms. The summed E-state index contributed by atoms with van der Waals surface area (Å²) >= 11 is 3.71. The molecule has 0 atom stereocenters. The van der Waals surface area contributed by atoms with E-state index >= 15 is 0 Å². The molecular formula is C70H40N6S2. The highest BCUT2D eigenvalue weighted by molar-refractivity contribution is 7.27. The molecule has 6 nitrogen and oxygen atoms in total. The number of nitriles is 1. The number of thiophene rings is 2. The number of fused-ring (bicyclic) bond motifs is 14. The second-order valence-electron chi connectivity index (χ2n) is 19.7. The highest BCUT2D eigenvalue weighted by atomic mass is 32.1. The third-order valence-electron chi connectivity index (χ3n) is 15.4. The van der Waals surface area contributed by atoms with Crippen LogP contribution in [-0.4, -0.2) is 24.1 Å². The van der Waals surface area contributed by atoms with Crippen molar-refractivity contribution in [3.8, 4) is 73.9 Å². The molecule has 0 N–H and O–H groups in total. The Morgan fingerprint density at radius 3 is 1.31 bits per heavy atom. The van der Waals surface area contributed by atoms with Gasteiger partial charge in [-0.1, -0.05) is 176 Å². The summed E-state index contributed by atoms with van der Waals surface area (Å²) in [6.45, 7) is 0. The zero-order chi connectivity index (χ0) is 51.4. The first-order chi connectivity index (χ1) is 38.6. The van der Waals surface area contributed by atoms with Crippen LogP contribution in [0.2, 0.25) is 0 Å². The van der Waals surface area contributed by atoms with Crippen LogP contribution in [0.4, 0.5) is 0 Å². The normalized spacial score (nSPS) is 11.8. The van der Waals surface area contributed by atoms with E-state index in [1.54, 1.807) is 0 Å². The Labute approximate surface area is 455 Å². The molecule has 5 heterocycles. The zero-order valence-corrected chi connectivity index (χ0v) is 43.2. The molecule has 0 aliphatic rings. The van der Waals surface area contributed by atoms with Crippen molar-refractivity contribution in [2.75, 3.05) is 0 Å². The van der Waals surface area contributed by atoms with E-state index in [1.807, 2.05) is 83.3 Å². The molecule has 16 aromatic rings. The number of aromatic nitrogens is 5. The Bertz CT molecular complexity index is 5120. The van der Waals surface area contributed by atoms with Gasteiger partial charge in [-0.3, -0.25) is 0 Å². The van der Waals surface area contributed by atoms with Crippen molar-refractivity contribution >= 4 is 107 Å². The minimum atomic E-state index is 0.546. The molecule has 11 aromatic carbocycles. The highest BCUT2D eigenvalue weighted by Gasteiger charge is 2.25. The lowest BCUT2D eigenvalue weighted by molar-refractivity contribution is 1.06. The van der Waals surface area contributed by atoms with Crippen molar-refractivity contribution in [3.63, 3.8) is 0 Å². The molecule has 0 saturated heterocycles. The summed E-state index contributed by atoms with van der Waals surface area (Å²) < 4.78 is 9.91. The van der Waals surface area contributed by atoms with Gasteiger partial charge in [-0.25, -0.2) is 15.0 Å². The molecule has 0 spiro atoms. The molecule has 362 valence electrons. The first kappa shape index (κ1) is 44.3. The van der Waals surface area contributed by atoms with E-state index < -0.39 is 0 Å². The van der Waals surface area contributed by atoms with Crippen LogP contribution < -0.4 is 0 Å². The minimum absolute atomic E-state index is 0.546. The van der Waals surface area contributed by atoms with Crippen LogP contribution in [0.3, 0.4) is 0 Å². The predicted octanol–water partition coefficient (Wildman–Crippen LogP) is 19.0. The van der Waals surface area contributed by atoms with E-state index in [-0.39, 0.29) is 0 Å². The summed E-state index contributed by atoms with van der Waals surface area (Å²) in [5, 5.41) is 20.4. The number of hydrogen-bond donors (Lipinski definition) is 0. The van der Waals surface area contributed by atoms with Gasteiger partial charge in [0.25, 0.3) is 0 Å². The molecule has 0 amide bonds. The van der Waals surface area contributed by atoms with Gasteiger partial charge >= 0.3 is 0 Å². The molecule has 0 radical (unpaired) electrons. The summed E-state index contributed by atoms with van der Waals surface area (Å²) in [4.78, 5) is 16.1. The van der Waals surface area contributed by atoms with Crippen molar-refractivity contribution in [2.24, 2.45) is 0 Å². The number of rotatable bonds is 7. The van der Waals surface area contributed by atoms with E-state index in [1.165, 1.54) is 61.9 Å². The molecule has 0 fully saturated rings. The molecule has 8 heteroatoms. The van der Waals surface area contributed by atoms with Gasteiger partial charge in [0.05, 0.1) is 45.1 Å². The average molecular weight is 1030 g/mol. The van der Waals surface area contributed by atoms with E-state index in [4.69, 9.17) is 15.0 Å². The van der Waals surface area contributed by atoms with Crippen molar-refractivity contribution in [1.29, 1.82) is 5.26 Å². The molecule has 5 aromatic heterocycles. The van der Waals surface area contributed by atoms with Crippen LogP contribution in [0.25, 0.3) is 152 Å². The fourth-order valence-corrected chi connectivity index (χ4v) is 14.5. The Kier molecular flexibility index (Phi) is 9.94. The SMILES string of the molecule is N#Cc1ccccc1-c1ccc(-n2c3ccccc3c3c4sc5ccccc5c4ccc32)c(-c2ccc(-n3c4ccccc4c4c5sc6ccccc6c5ccc43)c(-c3nc(-c4ccccc4)nc(-c4ccccc4)n3)c2)c1. The second kappa shape index (κ2) is 17.5. The summed E-state index contributed by atoms with van der Waals surface area (Å²) in [7, 11) is 0. The number of para-hydroxylation sites is 2. The van der Waals surface area contributed by atoms with Gasteiger partial charge in [-0.2, -0.15) is 5.26 Å². The maximum atomic E-state index is 10.5. The van der Waals surface area contributed by atoms with Gasteiger partial charge in [0.2, 0.25) is 0 Å². The van der Waals surface area contributed by atoms with E-state index in [2.05, 4.69) is 197 Å². The van der Waals surface area contributed by atoms with Gasteiger partial charge in [0.15, 0.2) is 17.5 Å². The van der Waals surface area contributed by atoms with Crippen LogP contribution in [0.5, 0.6) is 0 Å². The molecule has 0 saturated carbocycles.